The smallest absolute Gasteiger partial charge is 0.341 e. The number of aliphatic hydroxyl groups excluding tert-OH is 1. The fourth-order valence-electron chi connectivity index (χ4n) is 1.97. The van der Waals surface area contributed by atoms with E-state index in [9.17, 15) is 9.90 Å². The highest BCUT2D eigenvalue weighted by Crippen LogP contribution is 2.33. The predicted octanol–water partition coefficient (Wildman–Crippen LogP) is 2.00. The van der Waals surface area contributed by atoms with Gasteiger partial charge in [0.2, 0.25) is 6.29 Å². The number of ether oxygens (including phenoxy) is 1. The topological polar surface area (TPSA) is 46.5 Å². The Labute approximate surface area is 85.9 Å². The summed E-state index contributed by atoms with van der Waals surface area (Å²) in [6.07, 6.45) is -1.14. The highest BCUT2D eigenvalue weighted by atomic mass is 16.6. The van der Waals surface area contributed by atoms with Crippen LogP contribution in [0.3, 0.4) is 0 Å². The van der Waals surface area contributed by atoms with Crippen molar-refractivity contribution in [2.45, 2.75) is 6.29 Å². The van der Waals surface area contributed by atoms with Crippen molar-refractivity contribution in [2.24, 2.45) is 0 Å². The van der Waals surface area contributed by atoms with Crippen molar-refractivity contribution >= 4 is 16.7 Å². The molecule has 2 aromatic carbocycles. The molecule has 74 valence electrons. The molecule has 0 amide bonds. The van der Waals surface area contributed by atoms with Gasteiger partial charge >= 0.3 is 5.97 Å². The lowest BCUT2D eigenvalue weighted by Crippen LogP contribution is -2.17. The zero-order valence-corrected chi connectivity index (χ0v) is 7.81. The summed E-state index contributed by atoms with van der Waals surface area (Å²) in [4.78, 5) is 11.5. The van der Waals surface area contributed by atoms with Crippen LogP contribution in [0.15, 0.2) is 36.4 Å². The van der Waals surface area contributed by atoms with Gasteiger partial charge in [-0.1, -0.05) is 30.3 Å². The van der Waals surface area contributed by atoms with Gasteiger partial charge in [0, 0.05) is 10.9 Å². The highest BCUT2D eigenvalue weighted by molar-refractivity contribution is 6.07. The Morgan fingerprint density at radius 1 is 1.13 bits per heavy atom. The summed E-state index contributed by atoms with van der Waals surface area (Å²) in [6.45, 7) is 0. The molecule has 0 spiro atoms. The van der Waals surface area contributed by atoms with Crippen molar-refractivity contribution < 1.29 is 14.6 Å². The lowest BCUT2D eigenvalue weighted by molar-refractivity contribution is -0.0686. The zero-order chi connectivity index (χ0) is 10.4. The van der Waals surface area contributed by atoms with Gasteiger partial charge in [0.25, 0.3) is 0 Å². The van der Waals surface area contributed by atoms with Crippen molar-refractivity contribution in [3.63, 3.8) is 0 Å². The molecule has 3 rings (SSSR count). The molecule has 3 nitrogen and oxygen atoms in total. The van der Waals surface area contributed by atoms with E-state index in [1.165, 1.54) is 0 Å². The molecule has 0 unspecified atom stereocenters. The van der Waals surface area contributed by atoms with Crippen LogP contribution in [-0.4, -0.2) is 11.1 Å². The Bertz CT molecular complexity index is 555. The number of carbonyl (C=O) groups is 1. The number of aliphatic hydroxyl groups is 1. The molecule has 1 aliphatic rings. The second kappa shape index (κ2) is 2.81. The van der Waals surface area contributed by atoms with Crippen molar-refractivity contribution in [3.8, 4) is 0 Å². The number of esters is 1. The van der Waals surface area contributed by atoms with Crippen LogP contribution in [0, 0.1) is 0 Å². The third-order valence-corrected chi connectivity index (χ3v) is 2.64. The Kier molecular flexibility index (Phi) is 1.58. The average Bonchev–Trinajstić information content (AvgIpc) is 2.25. The van der Waals surface area contributed by atoms with Gasteiger partial charge in [0.05, 0.1) is 5.56 Å². The van der Waals surface area contributed by atoms with Crippen molar-refractivity contribution in [2.75, 3.05) is 0 Å². The minimum absolute atomic E-state index is 0.466. The first-order chi connectivity index (χ1) is 7.27. The maximum atomic E-state index is 11.5. The number of benzene rings is 2. The normalized spacial score (nSPS) is 19.0. The maximum absolute atomic E-state index is 11.5. The summed E-state index contributed by atoms with van der Waals surface area (Å²) in [5.74, 6) is -0.466. The molecule has 1 N–H and O–H groups in total. The fourth-order valence-corrected chi connectivity index (χ4v) is 1.97. The summed E-state index contributed by atoms with van der Waals surface area (Å²) < 4.78 is 4.82. The molecule has 0 fully saturated rings. The standard InChI is InChI=1S/C12H8O3/c13-11-8-5-1-3-7-4-2-6-9(10(7)8)12(14)15-11/h1-6,11,13H/t11-/m0/s1. The van der Waals surface area contributed by atoms with Crippen LogP contribution >= 0.6 is 0 Å². The molecular formula is C12H8O3. The Hall–Kier alpha value is -1.87. The van der Waals surface area contributed by atoms with E-state index in [1.54, 1.807) is 18.2 Å². The summed E-state index contributed by atoms with van der Waals surface area (Å²) in [7, 11) is 0. The van der Waals surface area contributed by atoms with Gasteiger partial charge in [-0.25, -0.2) is 4.79 Å². The lowest BCUT2D eigenvalue weighted by atomic mass is 9.97. The SMILES string of the molecule is O=C1O[C@H](O)c2cccc3cccc1c23. The van der Waals surface area contributed by atoms with Gasteiger partial charge in [-0.2, -0.15) is 0 Å². The van der Waals surface area contributed by atoms with E-state index in [-0.39, 0.29) is 0 Å². The number of hydrogen-bond donors (Lipinski definition) is 1. The molecule has 0 saturated carbocycles. The number of cyclic esters (lactones) is 1. The summed E-state index contributed by atoms with van der Waals surface area (Å²) in [6, 6.07) is 10.9. The van der Waals surface area contributed by atoms with Crippen LogP contribution in [-0.2, 0) is 4.74 Å². The van der Waals surface area contributed by atoms with Crippen LogP contribution in [0.25, 0.3) is 10.8 Å². The number of carbonyl (C=O) groups excluding carboxylic acids is 1. The minimum atomic E-state index is -1.14. The van der Waals surface area contributed by atoms with Crippen molar-refractivity contribution in [1.82, 2.24) is 0 Å². The third-order valence-electron chi connectivity index (χ3n) is 2.64. The first kappa shape index (κ1) is 8.44. The molecule has 2 aromatic rings. The molecule has 0 aromatic heterocycles. The highest BCUT2D eigenvalue weighted by Gasteiger charge is 2.26. The van der Waals surface area contributed by atoms with E-state index in [2.05, 4.69) is 0 Å². The monoisotopic (exact) mass is 200 g/mol. The molecule has 0 aliphatic carbocycles. The van der Waals surface area contributed by atoms with Crippen molar-refractivity contribution in [1.29, 1.82) is 0 Å². The van der Waals surface area contributed by atoms with Gasteiger partial charge in [0.1, 0.15) is 0 Å². The van der Waals surface area contributed by atoms with E-state index < -0.39 is 12.3 Å². The van der Waals surface area contributed by atoms with Crippen LogP contribution in [0.5, 0.6) is 0 Å². The van der Waals surface area contributed by atoms with E-state index in [0.29, 0.717) is 11.1 Å². The van der Waals surface area contributed by atoms with Crippen LogP contribution in [0.2, 0.25) is 0 Å². The Morgan fingerprint density at radius 2 is 1.87 bits per heavy atom. The first-order valence-electron chi connectivity index (χ1n) is 4.68. The predicted molar refractivity (Wildman–Crippen MR) is 54.3 cm³/mol. The van der Waals surface area contributed by atoms with E-state index in [0.717, 1.165) is 10.8 Å². The van der Waals surface area contributed by atoms with E-state index >= 15 is 0 Å². The van der Waals surface area contributed by atoms with Gasteiger partial charge in [-0.05, 0) is 11.5 Å². The van der Waals surface area contributed by atoms with Crippen LogP contribution in [0.1, 0.15) is 22.2 Å². The first-order valence-corrected chi connectivity index (χ1v) is 4.68. The fraction of sp³-hybridized carbons (Fsp3) is 0.0833. The zero-order valence-electron chi connectivity index (χ0n) is 7.81. The molecule has 0 bridgehead atoms. The second-order valence-electron chi connectivity index (χ2n) is 3.51. The summed E-state index contributed by atoms with van der Waals surface area (Å²) >= 11 is 0. The Balaban J connectivity index is 2.50. The van der Waals surface area contributed by atoms with Crippen LogP contribution in [0.4, 0.5) is 0 Å². The molecule has 1 atom stereocenters. The Morgan fingerprint density at radius 3 is 2.67 bits per heavy atom. The lowest BCUT2D eigenvalue weighted by Gasteiger charge is -2.21. The molecule has 0 saturated heterocycles. The van der Waals surface area contributed by atoms with Gasteiger partial charge in [-0.3, -0.25) is 0 Å². The maximum Gasteiger partial charge on any atom is 0.341 e. The molecule has 0 radical (unpaired) electrons. The van der Waals surface area contributed by atoms with Gasteiger partial charge in [0.15, 0.2) is 0 Å². The van der Waals surface area contributed by atoms with Crippen molar-refractivity contribution in [3.05, 3.63) is 47.5 Å². The largest absolute Gasteiger partial charge is 0.428 e. The van der Waals surface area contributed by atoms with E-state index in [4.69, 9.17) is 4.74 Å². The third kappa shape index (κ3) is 1.07. The van der Waals surface area contributed by atoms with Crippen LogP contribution < -0.4 is 0 Å². The molecule has 1 aliphatic heterocycles. The quantitative estimate of drug-likeness (QED) is 0.661. The molecular weight excluding hydrogens is 192 g/mol. The van der Waals surface area contributed by atoms with Gasteiger partial charge in [-0.15, -0.1) is 0 Å². The minimum Gasteiger partial charge on any atom is -0.428 e. The number of hydrogen-bond acceptors (Lipinski definition) is 3. The van der Waals surface area contributed by atoms with E-state index in [1.807, 2.05) is 18.2 Å². The molecule has 1 heterocycles. The molecule has 15 heavy (non-hydrogen) atoms. The van der Waals surface area contributed by atoms with Gasteiger partial charge < -0.3 is 9.84 Å². The summed E-state index contributed by atoms with van der Waals surface area (Å²) in [5.41, 5.74) is 1.18. The summed E-state index contributed by atoms with van der Waals surface area (Å²) in [5, 5.41) is 11.3. The average molecular weight is 200 g/mol. The number of rotatable bonds is 0. The second-order valence-corrected chi connectivity index (χ2v) is 3.51. The molecule has 3 heteroatoms.